The van der Waals surface area contributed by atoms with Crippen LogP contribution in [0.5, 0.6) is 0 Å². The molecule has 0 atom stereocenters. The van der Waals surface area contributed by atoms with Crippen molar-refractivity contribution in [2.24, 2.45) is 5.10 Å². The maximum Gasteiger partial charge on any atom is 0.338 e. The highest BCUT2D eigenvalue weighted by Gasteiger charge is 2.29. The number of nitro groups is 1. The van der Waals surface area contributed by atoms with E-state index < -0.39 is 10.9 Å². The lowest BCUT2D eigenvalue weighted by Gasteiger charge is -2.12. The zero-order valence-corrected chi connectivity index (χ0v) is 19.7. The number of halogens is 1. The molecule has 0 N–H and O–H groups in total. The Morgan fingerprint density at radius 1 is 1.21 bits per heavy atom. The van der Waals surface area contributed by atoms with Gasteiger partial charge in [0.25, 0.3) is 11.6 Å². The minimum atomic E-state index is -0.476. The molecule has 1 aliphatic heterocycles. The number of anilines is 1. The highest BCUT2D eigenvalue weighted by atomic mass is 79.9. The Balaban J connectivity index is 1.56. The third-order valence-electron chi connectivity index (χ3n) is 5.03. The molecule has 2 aromatic carbocycles. The molecule has 1 aromatic heterocycles. The number of hydrogen-bond donors (Lipinski definition) is 0. The van der Waals surface area contributed by atoms with Gasteiger partial charge >= 0.3 is 5.97 Å². The fourth-order valence-electron chi connectivity index (χ4n) is 3.35. The Hall–Kier alpha value is -4.05. The first-order chi connectivity index (χ1) is 16.3. The quantitative estimate of drug-likeness (QED) is 0.179. The Morgan fingerprint density at radius 2 is 1.94 bits per heavy atom. The van der Waals surface area contributed by atoms with Gasteiger partial charge in [-0.15, -0.1) is 0 Å². The predicted molar refractivity (Wildman–Crippen MR) is 129 cm³/mol. The minimum Gasteiger partial charge on any atom is -0.462 e. The van der Waals surface area contributed by atoms with Gasteiger partial charge in [0.05, 0.1) is 34.1 Å². The molecule has 0 aliphatic carbocycles. The van der Waals surface area contributed by atoms with Gasteiger partial charge in [-0.2, -0.15) is 10.1 Å². The number of nitrogens with zero attached hydrogens (tertiary/aromatic N) is 3. The Kier molecular flexibility index (Phi) is 6.42. The molecular weight excluding hydrogens is 506 g/mol. The number of non-ortho nitro benzene ring substituents is 1. The molecule has 1 amide bonds. The van der Waals surface area contributed by atoms with Gasteiger partial charge in [0, 0.05) is 22.2 Å². The van der Waals surface area contributed by atoms with Crippen LogP contribution < -0.4 is 5.01 Å². The number of esters is 1. The number of hydrazone groups is 1. The van der Waals surface area contributed by atoms with E-state index in [1.807, 2.05) is 0 Å². The summed E-state index contributed by atoms with van der Waals surface area (Å²) in [5.74, 6) is 0.143. The Morgan fingerprint density at radius 3 is 2.59 bits per heavy atom. The number of carbonyl (C=O) groups excluding carboxylic acids is 2. The number of carbonyl (C=O) groups is 2. The minimum absolute atomic E-state index is 0.0386. The largest absolute Gasteiger partial charge is 0.462 e. The molecule has 4 rings (SSSR count). The summed E-state index contributed by atoms with van der Waals surface area (Å²) in [4.78, 5) is 35.3. The van der Waals surface area contributed by atoms with Crippen LogP contribution in [0.3, 0.4) is 0 Å². The SMILES string of the molecule is CCOC(=O)c1ccc(N2N=C(C)/C(=C/c3ccc(-c4ccc([N+](=O)[O-])cc4Br)o3)C2=O)cc1. The maximum atomic E-state index is 13.0. The highest BCUT2D eigenvalue weighted by Crippen LogP contribution is 2.33. The van der Waals surface area contributed by atoms with Crippen LogP contribution in [0.4, 0.5) is 11.4 Å². The topological polar surface area (TPSA) is 115 Å². The lowest BCUT2D eigenvalue weighted by molar-refractivity contribution is -0.384. The van der Waals surface area contributed by atoms with Crippen molar-refractivity contribution in [3.05, 3.63) is 86.1 Å². The van der Waals surface area contributed by atoms with Crippen LogP contribution in [0.15, 0.2) is 74.2 Å². The first-order valence-corrected chi connectivity index (χ1v) is 11.0. The number of furan rings is 1. The number of ether oxygens (including phenoxy) is 1. The van der Waals surface area contributed by atoms with E-state index in [4.69, 9.17) is 9.15 Å². The summed E-state index contributed by atoms with van der Waals surface area (Å²) < 4.78 is 11.4. The van der Waals surface area contributed by atoms with E-state index >= 15 is 0 Å². The van der Waals surface area contributed by atoms with Crippen molar-refractivity contribution in [1.82, 2.24) is 0 Å². The van der Waals surface area contributed by atoms with Crippen LogP contribution in [0.25, 0.3) is 17.4 Å². The number of amides is 1. The van der Waals surface area contributed by atoms with E-state index in [1.165, 1.54) is 17.1 Å². The number of hydrogen-bond acceptors (Lipinski definition) is 7. The van der Waals surface area contributed by atoms with E-state index in [9.17, 15) is 19.7 Å². The second kappa shape index (κ2) is 9.44. The van der Waals surface area contributed by atoms with Gasteiger partial charge in [-0.25, -0.2) is 4.79 Å². The van der Waals surface area contributed by atoms with E-state index in [0.29, 0.717) is 44.1 Å². The molecule has 0 unspecified atom stereocenters. The molecule has 1 aliphatic rings. The van der Waals surface area contributed by atoms with Gasteiger partial charge in [0.1, 0.15) is 11.5 Å². The third kappa shape index (κ3) is 4.53. The van der Waals surface area contributed by atoms with Gasteiger partial charge in [0.2, 0.25) is 0 Å². The fourth-order valence-corrected chi connectivity index (χ4v) is 3.91. The average molecular weight is 524 g/mol. The fraction of sp³-hybridized carbons (Fsp3) is 0.125. The zero-order chi connectivity index (χ0) is 24.4. The van der Waals surface area contributed by atoms with Crippen molar-refractivity contribution in [3.63, 3.8) is 0 Å². The van der Waals surface area contributed by atoms with E-state index in [-0.39, 0.29) is 18.2 Å². The molecule has 10 heteroatoms. The van der Waals surface area contributed by atoms with Crippen molar-refractivity contribution in [2.45, 2.75) is 13.8 Å². The molecule has 0 fully saturated rings. The van der Waals surface area contributed by atoms with Crippen LogP contribution in [-0.4, -0.2) is 29.1 Å². The van der Waals surface area contributed by atoms with Gasteiger partial charge in [-0.1, -0.05) is 0 Å². The first-order valence-electron chi connectivity index (χ1n) is 10.2. The van der Waals surface area contributed by atoms with Crippen molar-refractivity contribution >= 4 is 51.0 Å². The summed E-state index contributed by atoms with van der Waals surface area (Å²) in [5.41, 5.74) is 2.36. The van der Waals surface area contributed by atoms with Crippen LogP contribution in [0.2, 0.25) is 0 Å². The van der Waals surface area contributed by atoms with Gasteiger partial charge in [-0.3, -0.25) is 14.9 Å². The molecular formula is C24H18BrN3O6. The number of benzene rings is 2. The summed E-state index contributed by atoms with van der Waals surface area (Å²) in [7, 11) is 0. The van der Waals surface area contributed by atoms with Gasteiger partial charge in [0.15, 0.2) is 0 Å². The summed E-state index contributed by atoms with van der Waals surface area (Å²) in [5, 5.41) is 16.5. The smallest absolute Gasteiger partial charge is 0.338 e. The standard InChI is InChI=1S/C24H18BrN3O6/c1-3-33-24(30)15-4-6-16(7-5-15)27-23(29)20(14(2)26-27)13-18-9-11-22(34-18)19-10-8-17(28(31)32)12-21(19)25/h4-13H,3H2,1-2H3/b20-13-. The van der Waals surface area contributed by atoms with Crippen LogP contribution in [-0.2, 0) is 9.53 Å². The predicted octanol–water partition coefficient (Wildman–Crippen LogP) is 5.60. The molecule has 3 aromatic rings. The average Bonchev–Trinajstić information content (AvgIpc) is 3.39. The van der Waals surface area contributed by atoms with Gasteiger partial charge < -0.3 is 9.15 Å². The molecule has 2 heterocycles. The second-order valence-electron chi connectivity index (χ2n) is 7.25. The van der Waals surface area contributed by atoms with Crippen LogP contribution in [0.1, 0.15) is 30.0 Å². The van der Waals surface area contributed by atoms with Crippen LogP contribution >= 0.6 is 15.9 Å². The number of nitro benzene ring substituents is 1. The van der Waals surface area contributed by atoms with Crippen molar-refractivity contribution in [3.8, 4) is 11.3 Å². The van der Waals surface area contributed by atoms with E-state index in [2.05, 4.69) is 21.0 Å². The van der Waals surface area contributed by atoms with Crippen molar-refractivity contribution in [2.75, 3.05) is 11.6 Å². The Labute approximate surface area is 202 Å². The third-order valence-corrected chi connectivity index (χ3v) is 5.68. The number of rotatable bonds is 6. The summed E-state index contributed by atoms with van der Waals surface area (Å²) >= 11 is 3.34. The molecule has 34 heavy (non-hydrogen) atoms. The second-order valence-corrected chi connectivity index (χ2v) is 8.11. The maximum absolute atomic E-state index is 13.0. The lowest BCUT2D eigenvalue weighted by atomic mass is 10.1. The molecule has 0 saturated carbocycles. The monoisotopic (exact) mass is 523 g/mol. The summed E-state index contributed by atoms with van der Waals surface area (Å²) in [6.07, 6.45) is 1.59. The normalized spacial score (nSPS) is 14.4. The zero-order valence-electron chi connectivity index (χ0n) is 18.1. The van der Waals surface area contributed by atoms with E-state index in [0.717, 1.165) is 0 Å². The molecule has 0 saturated heterocycles. The molecule has 0 spiro atoms. The molecule has 172 valence electrons. The van der Waals surface area contributed by atoms with Crippen molar-refractivity contribution in [1.29, 1.82) is 0 Å². The first kappa shape index (κ1) is 23.1. The summed E-state index contributed by atoms with van der Waals surface area (Å²) in [6, 6.07) is 14.2. The lowest BCUT2D eigenvalue weighted by Crippen LogP contribution is -2.21. The Bertz CT molecular complexity index is 1360. The molecule has 0 radical (unpaired) electrons. The van der Waals surface area contributed by atoms with Gasteiger partial charge in [-0.05, 0) is 78.3 Å². The molecule has 9 nitrogen and oxygen atoms in total. The molecule has 0 bridgehead atoms. The van der Waals surface area contributed by atoms with E-state index in [1.54, 1.807) is 62.4 Å². The highest BCUT2D eigenvalue weighted by molar-refractivity contribution is 9.10. The van der Waals surface area contributed by atoms with Crippen molar-refractivity contribution < 1.29 is 23.7 Å². The van der Waals surface area contributed by atoms with Crippen LogP contribution in [0, 0.1) is 10.1 Å². The summed E-state index contributed by atoms with van der Waals surface area (Å²) in [6.45, 7) is 3.72.